The second-order valence-electron chi connectivity index (χ2n) is 5.16. The van der Waals surface area contributed by atoms with E-state index in [1.165, 1.54) is 6.07 Å². The zero-order chi connectivity index (χ0) is 13.6. The molecule has 3 rings (SSSR count). The van der Waals surface area contributed by atoms with Crippen LogP contribution in [-0.4, -0.2) is 16.9 Å². The standard InChI is InChI=1S/C15H15NO3/c1-9-5-4-6-10-13(9)15(19)16(14(10)18)11-7-2-3-8-12(11)17/h2-5,7-10,13,17H,6H2,1H3/t9-,10+,13+/m1/s1. The molecule has 0 bridgehead atoms. The Morgan fingerprint density at radius 1 is 1.21 bits per heavy atom. The number of rotatable bonds is 1. The summed E-state index contributed by atoms with van der Waals surface area (Å²) in [5.41, 5.74) is 0.291. The Labute approximate surface area is 111 Å². The molecule has 2 amide bonds. The van der Waals surface area contributed by atoms with Crippen LogP contribution in [0.15, 0.2) is 36.4 Å². The van der Waals surface area contributed by atoms with E-state index in [-0.39, 0.29) is 35.3 Å². The fourth-order valence-electron chi connectivity index (χ4n) is 3.04. The van der Waals surface area contributed by atoms with Gasteiger partial charge in [0.05, 0.1) is 17.5 Å². The Hall–Kier alpha value is -2.10. The first-order valence-electron chi connectivity index (χ1n) is 6.43. The van der Waals surface area contributed by atoms with Crippen LogP contribution in [0.5, 0.6) is 5.75 Å². The first-order valence-corrected chi connectivity index (χ1v) is 6.43. The molecular weight excluding hydrogens is 242 g/mol. The number of carbonyl (C=O) groups excluding carboxylic acids is 2. The highest BCUT2D eigenvalue weighted by molar-refractivity contribution is 6.22. The van der Waals surface area contributed by atoms with Gasteiger partial charge in [-0.1, -0.05) is 31.2 Å². The molecule has 1 aliphatic heterocycles. The lowest BCUT2D eigenvalue weighted by molar-refractivity contribution is -0.122. The molecule has 1 saturated heterocycles. The predicted octanol–water partition coefficient (Wildman–Crippen LogP) is 2.09. The number of hydrogen-bond acceptors (Lipinski definition) is 3. The van der Waals surface area contributed by atoms with E-state index in [0.29, 0.717) is 12.1 Å². The number of nitrogens with zero attached hydrogens (tertiary/aromatic N) is 1. The third kappa shape index (κ3) is 1.67. The molecule has 0 spiro atoms. The number of fused-ring (bicyclic) bond motifs is 1. The maximum Gasteiger partial charge on any atom is 0.238 e. The molecule has 0 aromatic heterocycles. The van der Waals surface area contributed by atoms with Crippen LogP contribution < -0.4 is 4.90 Å². The van der Waals surface area contributed by atoms with Gasteiger partial charge >= 0.3 is 0 Å². The minimum Gasteiger partial charge on any atom is -0.506 e. The quantitative estimate of drug-likeness (QED) is 0.619. The molecule has 1 fully saturated rings. The van der Waals surface area contributed by atoms with Crippen molar-refractivity contribution in [3.05, 3.63) is 36.4 Å². The van der Waals surface area contributed by atoms with E-state index < -0.39 is 0 Å². The normalized spacial score (nSPS) is 29.7. The number of benzene rings is 1. The van der Waals surface area contributed by atoms with Gasteiger partial charge in [-0.15, -0.1) is 0 Å². The van der Waals surface area contributed by atoms with Crippen molar-refractivity contribution in [3.8, 4) is 5.75 Å². The number of phenolic OH excluding ortho intramolecular Hbond substituents is 1. The van der Waals surface area contributed by atoms with Gasteiger partial charge in [0.1, 0.15) is 5.75 Å². The molecule has 1 aromatic carbocycles. The number of aromatic hydroxyl groups is 1. The maximum atomic E-state index is 12.5. The number of hydrogen-bond donors (Lipinski definition) is 1. The number of carbonyl (C=O) groups is 2. The van der Waals surface area contributed by atoms with Crippen molar-refractivity contribution in [2.45, 2.75) is 13.3 Å². The SMILES string of the molecule is C[C@@H]1C=CC[C@@H]2C(=O)N(c3ccccc3O)C(=O)[C@@H]12. The average Bonchev–Trinajstić information content (AvgIpc) is 2.64. The molecule has 19 heavy (non-hydrogen) atoms. The highest BCUT2D eigenvalue weighted by atomic mass is 16.3. The fraction of sp³-hybridized carbons (Fsp3) is 0.333. The fourth-order valence-corrected chi connectivity index (χ4v) is 3.04. The Bertz CT molecular complexity index is 579. The zero-order valence-electron chi connectivity index (χ0n) is 10.6. The van der Waals surface area contributed by atoms with Crippen LogP contribution in [0.3, 0.4) is 0 Å². The lowest BCUT2D eigenvalue weighted by Gasteiger charge is -2.22. The van der Waals surface area contributed by atoms with Crippen LogP contribution in [-0.2, 0) is 9.59 Å². The summed E-state index contributed by atoms with van der Waals surface area (Å²) in [5, 5.41) is 9.84. The summed E-state index contributed by atoms with van der Waals surface area (Å²) < 4.78 is 0. The molecule has 1 aromatic rings. The van der Waals surface area contributed by atoms with Gasteiger partial charge in [-0.3, -0.25) is 9.59 Å². The van der Waals surface area contributed by atoms with E-state index in [4.69, 9.17) is 0 Å². The summed E-state index contributed by atoms with van der Waals surface area (Å²) in [7, 11) is 0. The molecule has 2 aliphatic rings. The Balaban J connectivity index is 2.04. The van der Waals surface area contributed by atoms with Gasteiger partial charge in [0, 0.05) is 0 Å². The average molecular weight is 257 g/mol. The number of amides is 2. The first kappa shape index (κ1) is 12.0. The van der Waals surface area contributed by atoms with Crippen LogP contribution in [0.25, 0.3) is 0 Å². The van der Waals surface area contributed by atoms with Gasteiger partial charge in [-0.25, -0.2) is 4.90 Å². The summed E-state index contributed by atoms with van der Waals surface area (Å²) >= 11 is 0. The molecule has 0 unspecified atom stereocenters. The number of imide groups is 1. The topological polar surface area (TPSA) is 57.6 Å². The van der Waals surface area contributed by atoms with Gasteiger partial charge in [0.25, 0.3) is 0 Å². The van der Waals surface area contributed by atoms with Crippen LogP contribution in [0.2, 0.25) is 0 Å². The number of anilines is 1. The monoisotopic (exact) mass is 257 g/mol. The molecule has 4 heteroatoms. The summed E-state index contributed by atoms with van der Waals surface area (Å²) in [6.07, 6.45) is 4.55. The highest BCUT2D eigenvalue weighted by Gasteiger charge is 2.50. The molecule has 1 N–H and O–H groups in total. The zero-order valence-corrected chi connectivity index (χ0v) is 10.6. The van der Waals surface area contributed by atoms with Gasteiger partial charge < -0.3 is 5.11 Å². The van der Waals surface area contributed by atoms with Gasteiger partial charge in [0.15, 0.2) is 0 Å². The summed E-state index contributed by atoms with van der Waals surface area (Å²) in [5.74, 6) is -0.959. The number of allylic oxidation sites excluding steroid dienone is 2. The number of phenols is 1. The maximum absolute atomic E-state index is 12.5. The Kier molecular flexibility index (Phi) is 2.66. The third-order valence-electron chi connectivity index (χ3n) is 4.00. The van der Waals surface area contributed by atoms with Crippen LogP contribution in [0.1, 0.15) is 13.3 Å². The molecule has 98 valence electrons. The molecule has 4 nitrogen and oxygen atoms in total. The van der Waals surface area contributed by atoms with Gasteiger partial charge in [-0.05, 0) is 24.5 Å². The van der Waals surface area contributed by atoms with E-state index in [1.807, 2.05) is 19.1 Å². The van der Waals surface area contributed by atoms with Crippen LogP contribution in [0.4, 0.5) is 5.69 Å². The van der Waals surface area contributed by atoms with Crippen LogP contribution >= 0.6 is 0 Å². The largest absolute Gasteiger partial charge is 0.506 e. The van der Waals surface area contributed by atoms with Crippen molar-refractivity contribution in [2.24, 2.45) is 17.8 Å². The van der Waals surface area contributed by atoms with E-state index in [0.717, 1.165) is 4.90 Å². The number of para-hydroxylation sites is 2. The van der Waals surface area contributed by atoms with Gasteiger partial charge in [-0.2, -0.15) is 0 Å². The second-order valence-corrected chi connectivity index (χ2v) is 5.16. The van der Waals surface area contributed by atoms with Crippen molar-refractivity contribution in [3.63, 3.8) is 0 Å². The molecule has 1 heterocycles. The minimum atomic E-state index is -0.294. The van der Waals surface area contributed by atoms with E-state index >= 15 is 0 Å². The van der Waals surface area contributed by atoms with Gasteiger partial charge in [0.2, 0.25) is 11.8 Å². The van der Waals surface area contributed by atoms with E-state index in [9.17, 15) is 14.7 Å². The van der Waals surface area contributed by atoms with Crippen molar-refractivity contribution < 1.29 is 14.7 Å². The predicted molar refractivity (Wildman–Crippen MR) is 70.5 cm³/mol. The first-order chi connectivity index (χ1) is 9.11. The Morgan fingerprint density at radius 2 is 1.95 bits per heavy atom. The lowest BCUT2D eigenvalue weighted by atomic mass is 9.78. The Morgan fingerprint density at radius 3 is 2.63 bits per heavy atom. The molecule has 0 saturated carbocycles. The van der Waals surface area contributed by atoms with Crippen molar-refractivity contribution in [1.82, 2.24) is 0 Å². The van der Waals surface area contributed by atoms with Crippen molar-refractivity contribution in [1.29, 1.82) is 0 Å². The van der Waals surface area contributed by atoms with Crippen molar-refractivity contribution >= 4 is 17.5 Å². The minimum absolute atomic E-state index is 0.0385. The highest BCUT2D eigenvalue weighted by Crippen LogP contribution is 2.42. The molecule has 0 radical (unpaired) electrons. The van der Waals surface area contributed by atoms with Crippen LogP contribution in [0, 0.1) is 17.8 Å². The molecular formula is C15H15NO3. The molecule has 3 atom stereocenters. The van der Waals surface area contributed by atoms with E-state index in [2.05, 4.69) is 0 Å². The third-order valence-corrected chi connectivity index (χ3v) is 4.00. The molecule has 1 aliphatic carbocycles. The summed E-state index contributed by atoms with van der Waals surface area (Å²) in [6.45, 7) is 1.95. The summed E-state index contributed by atoms with van der Waals surface area (Å²) in [6, 6.07) is 6.46. The lowest BCUT2D eigenvalue weighted by Crippen LogP contribution is -2.31. The van der Waals surface area contributed by atoms with Crippen molar-refractivity contribution in [2.75, 3.05) is 4.90 Å². The van der Waals surface area contributed by atoms with E-state index in [1.54, 1.807) is 18.2 Å². The second kappa shape index (κ2) is 4.23. The smallest absolute Gasteiger partial charge is 0.238 e. The summed E-state index contributed by atoms with van der Waals surface area (Å²) in [4.78, 5) is 26.0.